The van der Waals surface area contributed by atoms with Crippen LogP contribution in [0.1, 0.15) is 65.9 Å². The number of ketones is 1. The van der Waals surface area contributed by atoms with E-state index < -0.39 is 0 Å². The molecule has 0 unspecified atom stereocenters. The smallest absolute Gasteiger partial charge is 0.223 e. The van der Waals surface area contributed by atoms with E-state index in [1.165, 1.54) is 37.0 Å². The molecule has 0 aromatic carbocycles. The molecule has 1 aromatic heterocycles. The summed E-state index contributed by atoms with van der Waals surface area (Å²) < 4.78 is 0. The van der Waals surface area contributed by atoms with Crippen LogP contribution < -0.4 is 0 Å². The molecule has 0 radical (unpaired) electrons. The van der Waals surface area contributed by atoms with Crippen LogP contribution in [0.5, 0.6) is 0 Å². The molecule has 0 spiro atoms. The zero-order chi connectivity index (χ0) is 19.2. The van der Waals surface area contributed by atoms with Gasteiger partial charge in [-0.1, -0.05) is 25.7 Å². The molecule has 2 amide bonds. The summed E-state index contributed by atoms with van der Waals surface area (Å²) in [5, 5.41) is 0. The van der Waals surface area contributed by atoms with Gasteiger partial charge in [0.1, 0.15) is 0 Å². The van der Waals surface area contributed by atoms with Gasteiger partial charge in [-0.05, 0) is 31.4 Å². The molecule has 1 aromatic rings. The summed E-state index contributed by atoms with van der Waals surface area (Å²) in [7, 11) is 0. The fraction of sp³-hybridized carbons (Fsp3) is 0.667. The van der Waals surface area contributed by atoms with Crippen molar-refractivity contribution in [1.82, 2.24) is 9.80 Å². The molecule has 0 atom stereocenters. The minimum atomic E-state index is 0.0229. The van der Waals surface area contributed by atoms with Gasteiger partial charge in [0.15, 0.2) is 5.78 Å². The van der Waals surface area contributed by atoms with Crippen LogP contribution in [0.25, 0.3) is 0 Å². The lowest BCUT2D eigenvalue weighted by Gasteiger charge is -2.35. The van der Waals surface area contributed by atoms with Crippen LogP contribution in [0.3, 0.4) is 0 Å². The second-order valence-corrected chi connectivity index (χ2v) is 9.07. The van der Waals surface area contributed by atoms with E-state index in [9.17, 15) is 14.4 Å². The first kappa shape index (κ1) is 20.1. The van der Waals surface area contributed by atoms with Crippen LogP contribution in [0.2, 0.25) is 0 Å². The summed E-state index contributed by atoms with van der Waals surface area (Å²) in [5.41, 5.74) is 0. The average Bonchev–Trinajstić information content (AvgIpc) is 3.35. The topological polar surface area (TPSA) is 57.7 Å². The molecule has 6 heteroatoms. The zero-order valence-corrected chi connectivity index (χ0v) is 17.1. The SMILES string of the molecule is Cc1ccc(C(=O)CCC(=O)N2CCN(C(=O)CCC3CCCC3)CC2)s1. The molecule has 2 aliphatic rings. The zero-order valence-electron chi connectivity index (χ0n) is 16.2. The van der Waals surface area contributed by atoms with Crippen LogP contribution in [-0.2, 0) is 9.59 Å². The quantitative estimate of drug-likeness (QED) is 0.668. The molecular formula is C21H30N2O3S. The summed E-state index contributed by atoms with van der Waals surface area (Å²) in [6, 6.07) is 3.77. The maximum absolute atomic E-state index is 12.4. The minimum Gasteiger partial charge on any atom is -0.339 e. The van der Waals surface area contributed by atoms with E-state index >= 15 is 0 Å². The number of hydrogen-bond donors (Lipinski definition) is 0. The highest BCUT2D eigenvalue weighted by atomic mass is 32.1. The Morgan fingerprint density at radius 1 is 0.926 bits per heavy atom. The first-order chi connectivity index (χ1) is 13.0. The highest BCUT2D eigenvalue weighted by molar-refractivity contribution is 7.14. The fourth-order valence-electron chi connectivity index (χ4n) is 4.08. The van der Waals surface area contributed by atoms with Gasteiger partial charge < -0.3 is 9.80 Å². The Kier molecular flexibility index (Phi) is 7.05. The van der Waals surface area contributed by atoms with Crippen molar-refractivity contribution in [3.63, 3.8) is 0 Å². The number of rotatable bonds is 7. The van der Waals surface area contributed by atoms with Crippen LogP contribution in [0.4, 0.5) is 0 Å². The summed E-state index contributed by atoms with van der Waals surface area (Å²) in [5.74, 6) is 1.04. The summed E-state index contributed by atoms with van der Waals surface area (Å²) >= 11 is 1.48. The van der Waals surface area contributed by atoms with Gasteiger partial charge in [0, 0.05) is 50.3 Å². The van der Waals surface area contributed by atoms with Gasteiger partial charge in [-0.3, -0.25) is 14.4 Å². The molecule has 5 nitrogen and oxygen atoms in total. The molecule has 27 heavy (non-hydrogen) atoms. The third-order valence-electron chi connectivity index (χ3n) is 5.81. The molecule has 148 valence electrons. The van der Waals surface area contributed by atoms with Crippen molar-refractivity contribution in [2.45, 2.75) is 58.3 Å². The van der Waals surface area contributed by atoms with Gasteiger partial charge in [0.25, 0.3) is 0 Å². The standard InChI is InChI=1S/C21H30N2O3S/c1-16-6-9-19(27-16)18(24)8-11-21(26)23-14-12-22(13-15-23)20(25)10-7-17-4-2-3-5-17/h6,9,17H,2-5,7-8,10-15H2,1H3. The Morgan fingerprint density at radius 2 is 1.52 bits per heavy atom. The predicted octanol–water partition coefficient (Wildman–Crippen LogP) is 3.66. The summed E-state index contributed by atoms with van der Waals surface area (Å²) in [6.07, 6.45) is 7.36. The van der Waals surface area contributed by atoms with E-state index in [0.717, 1.165) is 22.1 Å². The number of carbonyl (C=O) groups excluding carboxylic acids is 3. The van der Waals surface area contributed by atoms with Gasteiger partial charge in [0.05, 0.1) is 4.88 Å². The molecule has 1 saturated heterocycles. The molecule has 1 saturated carbocycles. The van der Waals surface area contributed by atoms with E-state index in [1.54, 1.807) is 4.90 Å². The number of Topliss-reactive ketones (excluding diaryl/α,β-unsaturated/α-hetero) is 1. The maximum Gasteiger partial charge on any atom is 0.223 e. The highest BCUT2D eigenvalue weighted by Crippen LogP contribution is 2.28. The molecule has 1 aliphatic heterocycles. The number of hydrogen-bond acceptors (Lipinski definition) is 4. The van der Waals surface area contributed by atoms with Crippen LogP contribution in [0, 0.1) is 12.8 Å². The first-order valence-electron chi connectivity index (χ1n) is 10.2. The summed E-state index contributed by atoms with van der Waals surface area (Å²) in [4.78, 5) is 42.5. The Bertz CT molecular complexity index is 671. The second kappa shape index (κ2) is 9.49. The van der Waals surface area contributed by atoms with Crippen molar-refractivity contribution in [2.24, 2.45) is 5.92 Å². The van der Waals surface area contributed by atoms with E-state index in [1.807, 2.05) is 24.0 Å². The van der Waals surface area contributed by atoms with Crippen LogP contribution in [-0.4, -0.2) is 53.6 Å². The van der Waals surface area contributed by atoms with E-state index in [0.29, 0.717) is 32.6 Å². The van der Waals surface area contributed by atoms with Crippen molar-refractivity contribution in [2.75, 3.05) is 26.2 Å². The monoisotopic (exact) mass is 390 g/mol. The largest absolute Gasteiger partial charge is 0.339 e. The number of aryl methyl sites for hydroxylation is 1. The Balaban J connectivity index is 1.35. The number of amides is 2. The van der Waals surface area contributed by atoms with E-state index in [4.69, 9.17) is 0 Å². The minimum absolute atomic E-state index is 0.0229. The average molecular weight is 391 g/mol. The van der Waals surface area contributed by atoms with E-state index in [2.05, 4.69) is 0 Å². The van der Waals surface area contributed by atoms with Crippen molar-refractivity contribution in [1.29, 1.82) is 0 Å². The molecule has 3 rings (SSSR count). The van der Waals surface area contributed by atoms with Gasteiger partial charge in [-0.15, -0.1) is 11.3 Å². The second-order valence-electron chi connectivity index (χ2n) is 7.78. The number of thiophene rings is 1. The molecule has 2 heterocycles. The van der Waals surface area contributed by atoms with Gasteiger partial charge in [-0.25, -0.2) is 0 Å². The Morgan fingerprint density at radius 3 is 2.07 bits per heavy atom. The first-order valence-corrected chi connectivity index (χ1v) is 11.0. The van der Waals surface area contributed by atoms with Crippen molar-refractivity contribution in [3.05, 3.63) is 21.9 Å². The maximum atomic E-state index is 12.4. The predicted molar refractivity (Wildman–Crippen MR) is 107 cm³/mol. The van der Waals surface area contributed by atoms with Gasteiger partial charge in [0.2, 0.25) is 11.8 Å². The molecule has 0 N–H and O–H groups in total. The fourth-order valence-corrected chi connectivity index (χ4v) is 4.91. The molecule has 1 aliphatic carbocycles. The van der Waals surface area contributed by atoms with Crippen molar-refractivity contribution >= 4 is 28.9 Å². The Hall–Kier alpha value is -1.69. The van der Waals surface area contributed by atoms with Crippen molar-refractivity contribution in [3.8, 4) is 0 Å². The third kappa shape index (κ3) is 5.64. The summed E-state index contributed by atoms with van der Waals surface area (Å²) in [6.45, 7) is 4.38. The van der Waals surface area contributed by atoms with Gasteiger partial charge >= 0.3 is 0 Å². The highest BCUT2D eigenvalue weighted by Gasteiger charge is 2.25. The number of piperazine rings is 1. The normalized spacial score (nSPS) is 18.1. The molecular weight excluding hydrogens is 360 g/mol. The number of carbonyl (C=O) groups is 3. The van der Waals surface area contributed by atoms with E-state index in [-0.39, 0.29) is 30.4 Å². The molecule has 0 bridgehead atoms. The molecule has 2 fully saturated rings. The lowest BCUT2D eigenvalue weighted by atomic mass is 10.0. The number of nitrogens with zero attached hydrogens (tertiary/aromatic N) is 2. The van der Waals surface area contributed by atoms with Crippen LogP contribution in [0.15, 0.2) is 12.1 Å². The lowest BCUT2D eigenvalue weighted by molar-refractivity contribution is -0.139. The van der Waals surface area contributed by atoms with Gasteiger partial charge in [-0.2, -0.15) is 0 Å². The lowest BCUT2D eigenvalue weighted by Crippen LogP contribution is -2.50. The third-order valence-corrected chi connectivity index (χ3v) is 6.85. The van der Waals surface area contributed by atoms with Crippen LogP contribution >= 0.6 is 11.3 Å². The Labute approximate surface area is 165 Å². The van der Waals surface area contributed by atoms with Crippen molar-refractivity contribution < 1.29 is 14.4 Å².